The van der Waals surface area contributed by atoms with Crippen LogP contribution >= 0.6 is 0 Å². The second-order valence-corrected chi connectivity index (χ2v) is 6.93. The molecule has 0 heterocycles. The third-order valence-electron chi connectivity index (χ3n) is 3.12. The quantitative estimate of drug-likeness (QED) is 0.943. The molecule has 0 aromatic heterocycles. The number of nitrogens with one attached hydrogen (secondary N) is 1. The molecule has 0 fully saturated rings. The molecule has 1 amide bonds. The molecule has 5 heteroatoms. The summed E-state index contributed by atoms with van der Waals surface area (Å²) in [5.41, 5.74) is 2.47. The predicted molar refractivity (Wildman–Crippen MR) is 81.9 cm³/mol. The van der Waals surface area contributed by atoms with Gasteiger partial charge < -0.3 is 5.32 Å². The highest BCUT2D eigenvalue weighted by molar-refractivity contribution is 7.91. The molecule has 0 saturated heterocycles. The minimum Gasteiger partial charge on any atom is -0.338 e. The summed E-state index contributed by atoms with van der Waals surface area (Å²) in [5.74, 6) is -0.811. The van der Waals surface area contributed by atoms with E-state index < -0.39 is 21.6 Å². The van der Waals surface area contributed by atoms with Gasteiger partial charge in [-0.25, -0.2) is 8.42 Å². The Balaban J connectivity index is 2.06. The number of carbonyl (C=O) groups is 1. The van der Waals surface area contributed by atoms with Crippen molar-refractivity contribution in [3.8, 4) is 0 Å². The fraction of sp³-hybridized carbons (Fsp3) is 0.188. The first-order valence-corrected chi connectivity index (χ1v) is 8.18. The van der Waals surface area contributed by atoms with E-state index in [4.69, 9.17) is 0 Å². The van der Waals surface area contributed by atoms with Gasteiger partial charge in [-0.1, -0.05) is 35.4 Å². The van der Waals surface area contributed by atoms with Crippen LogP contribution in [0.25, 0.3) is 0 Å². The summed E-state index contributed by atoms with van der Waals surface area (Å²) in [5, 5.41) is 2.44. The van der Waals surface area contributed by atoms with E-state index in [2.05, 4.69) is 5.32 Å². The molecular formula is C16H17NO3S. The average Bonchev–Trinajstić information content (AvgIpc) is 2.46. The van der Waals surface area contributed by atoms with Crippen LogP contribution in [0.4, 0.5) is 0 Å². The third kappa shape index (κ3) is 3.92. The van der Waals surface area contributed by atoms with Gasteiger partial charge in [0.15, 0.2) is 9.84 Å². The lowest BCUT2D eigenvalue weighted by molar-refractivity contribution is 0.0960. The largest absolute Gasteiger partial charge is 0.338 e. The number of hydrogen-bond donors (Lipinski definition) is 1. The Kier molecular flexibility index (Phi) is 4.43. The zero-order chi connectivity index (χ0) is 15.5. The van der Waals surface area contributed by atoms with Crippen molar-refractivity contribution in [3.63, 3.8) is 0 Å². The van der Waals surface area contributed by atoms with E-state index in [0.717, 1.165) is 11.1 Å². The average molecular weight is 303 g/mol. The Morgan fingerprint density at radius 2 is 1.38 bits per heavy atom. The molecule has 0 saturated carbocycles. The highest BCUT2D eigenvalue weighted by Crippen LogP contribution is 2.11. The molecule has 110 valence electrons. The van der Waals surface area contributed by atoms with Gasteiger partial charge in [0.1, 0.15) is 5.88 Å². The second-order valence-electron chi connectivity index (χ2n) is 4.94. The van der Waals surface area contributed by atoms with Crippen LogP contribution in [0.1, 0.15) is 21.5 Å². The van der Waals surface area contributed by atoms with Gasteiger partial charge in [-0.3, -0.25) is 4.79 Å². The van der Waals surface area contributed by atoms with Gasteiger partial charge in [0.25, 0.3) is 5.91 Å². The Bertz CT molecular complexity index is 732. The minimum atomic E-state index is -3.52. The molecule has 0 aliphatic rings. The van der Waals surface area contributed by atoms with Gasteiger partial charge in [-0.15, -0.1) is 0 Å². The Morgan fingerprint density at radius 3 is 1.90 bits per heavy atom. The van der Waals surface area contributed by atoms with Crippen molar-refractivity contribution >= 4 is 15.7 Å². The molecule has 1 N–H and O–H groups in total. The molecule has 0 spiro atoms. The SMILES string of the molecule is Cc1ccc(C(=O)NCS(=O)(=O)c2ccc(C)cc2)cc1. The van der Waals surface area contributed by atoms with Crippen molar-refractivity contribution in [1.29, 1.82) is 0 Å². The monoisotopic (exact) mass is 303 g/mol. The molecular weight excluding hydrogens is 286 g/mol. The lowest BCUT2D eigenvalue weighted by Gasteiger charge is -2.07. The van der Waals surface area contributed by atoms with E-state index in [1.807, 2.05) is 26.0 Å². The summed E-state index contributed by atoms with van der Waals surface area (Å²) >= 11 is 0. The topological polar surface area (TPSA) is 63.2 Å². The van der Waals surface area contributed by atoms with Crippen molar-refractivity contribution in [3.05, 3.63) is 65.2 Å². The smallest absolute Gasteiger partial charge is 0.252 e. The maximum Gasteiger partial charge on any atom is 0.252 e. The van der Waals surface area contributed by atoms with Crippen molar-refractivity contribution in [2.75, 3.05) is 5.88 Å². The zero-order valence-corrected chi connectivity index (χ0v) is 12.8. The van der Waals surface area contributed by atoms with Crippen molar-refractivity contribution < 1.29 is 13.2 Å². The van der Waals surface area contributed by atoms with Gasteiger partial charge in [0, 0.05) is 5.56 Å². The Morgan fingerprint density at radius 1 is 0.905 bits per heavy atom. The first kappa shape index (κ1) is 15.3. The number of rotatable bonds is 4. The number of hydrogen-bond acceptors (Lipinski definition) is 3. The molecule has 0 bridgehead atoms. The molecule has 0 aliphatic heterocycles. The lowest BCUT2D eigenvalue weighted by Crippen LogP contribution is -2.29. The molecule has 21 heavy (non-hydrogen) atoms. The highest BCUT2D eigenvalue weighted by Gasteiger charge is 2.16. The summed E-state index contributed by atoms with van der Waals surface area (Å²) in [6.45, 7) is 3.80. The molecule has 4 nitrogen and oxygen atoms in total. The summed E-state index contributed by atoms with van der Waals surface area (Å²) in [6, 6.07) is 13.5. The third-order valence-corrected chi connectivity index (χ3v) is 4.63. The fourth-order valence-corrected chi connectivity index (χ4v) is 2.84. The lowest BCUT2D eigenvalue weighted by atomic mass is 10.1. The van der Waals surface area contributed by atoms with Gasteiger partial charge in [-0.05, 0) is 38.1 Å². The molecule has 2 aromatic rings. The van der Waals surface area contributed by atoms with Gasteiger partial charge in [-0.2, -0.15) is 0 Å². The van der Waals surface area contributed by atoms with Gasteiger partial charge >= 0.3 is 0 Å². The van der Waals surface area contributed by atoms with E-state index in [1.54, 1.807) is 36.4 Å². The molecule has 2 rings (SSSR count). The maximum absolute atomic E-state index is 12.1. The van der Waals surface area contributed by atoms with E-state index in [0.29, 0.717) is 5.56 Å². The second kappa shape index (κ2) is 6.10. The van der Waals surface area contributed by atoms with E-state index >= 15 is 0 Å². The first-order chi connectivity index (χ1) is 9.88. The fourth-order valence-electron chi connectivity index (χ4n) is 1.80. The molecule has 0 unspecified atom stereocenters. The van der Waals surface area contributed by atoms with Crippen LogP contribution in [0.3, 0.4) is 0 Å². The summed E-state index contributed by atoms with van der Waals surface area (Å²) < 4.78 is 24.2. The molecule has 0 aliphatic carbocycles. The van der Waals surface area contributed by atoms with E-state index in [1.165, 1.54) is 0 Å². The van der Waals surface area contributed by atoms with Crippen molar-refractivity contribution in [2.24, 2.45) is 0 Å². The Labute approximate surface area is 124 Å². The minimum absolute atomic E-state index is 0.206. The number of aryl methyl sites for hydroxylation is 2. The number of sulfone groups is 1. The van der Waals surface area contributed by atoms with Gasteiger partial charge in [0.05, 0.1) is 4.90 Å². The van der Waals surface area contributed by atoms with Crippen LogP contribution < -0.4 is 5.32 Å². The van der Waals surface area contributed by atoms with Crippen LogP contribution in [0.2, 0.25) is 0 Å². The molecule has 0 radical (unpaired) electrons. The molecule has 2 aromatic carbocycles. The Hall–Kier alpha value is -2.14. The van der Waals surface area contributed by atoms with Crippen molar-refractivity contribution in [1.82, 2.24) is 5.32 Å². The number of carbonyl (C=O) groups excluding carboxylic acids is 1. The predicted octanol–water partition coefficient (Wildman–Crippen LogP) is 2.46. The summed E-state index contributed by atoms with van der Waals surface area (Å²) in [7, 11) is -3.52. The zero-order valence-electron chi connectivity index (χ0n) is 12.0. The first-order valence-electron chi connectivity index (χ1n) is 6.53. The number of amides is 1. The molecule has 0 atom stereocenters. The summed E-state index contributed by atoms with van der Waals surface area (Å²) in [4.78, 5) is 12.1. The normalized spacial score (nSPS) is 11.1. The highest BCUT2D eigenvalue weighted by atomic mass is 32.2. The van der Waals surface area contributed by atoms with Crippen LogP contribution in [-0.2, 0) is 9.84 Å². The van der Waals surface area contributed by atoms with Crippen LogP contribution in [0.5, 0.6) is 0 Å². The van der Waals surface area contributed by atoms with Crippen LogP contribution in [-0.4, -0.2) is 20.2 Å². The van der Waals surface area contributed by atoms with E-state index in [9.17, 15) is 13.2 Å². The maximum atomic E-state index is 12.1. The van der Waals surface area contributed by atoms with Crippen molar-refractivity contribution in [2.45, 2.75) is 18.7 Å². The standard InChI is InChI=1S/C16H17NO3S/c1-12-3-7-14(8-4-12)16(18)17-11-21(19,20)15-9-5-13(2)6-10-15/h3-10H,11H2,1-2H3,(H,17,18). The summed E-state index contributed by atoms with van der Waals surface area (Å²) in [6.07, 6.45) is 0. The number of benzene rings is 2. The van der Waals surface area contributed by atoms with E-state index in [-0.39, 0.29) is 4.90 Å². The van der Waals surface area contributed by atoms with Crippen LogP contribution in [0.15, 0.2) is 53.4 Å². The van der Waals surface area contributed by atoms with Gasteiger partial charge in [0.2, 0.25) is 0 Å². The van der Waals surface area contributed by atoms with Crippen LogP contribution in [0, 0.1) is 13.8 Å².